The molecule has 0 heterocycles. The molecule has 0 aromatic carbocycles. The highest BCUT2D eigenvalue weighted by Gasteiger charge is 2.77. The summed E-state index contributed by atoms with van der Waals surface area (Å²) in [4.78, 5) is 38.7. The van der Waals surface area contributed by atoms with Crippen LogP contribution in [-0.2, 0) is 19.1 Å². The Bertz CT molecular complexity index is 1030. The van der Waals surface area contributed by atoms with Gasteiger partial charge in [0.05, 0.1) is 6.10 Å². The van der Waals surface area contributed by atoms with E-state index in [4.69, 9.17) is 16.2 Å². The van der Waals surface area contributed by atoms with E-state index in [1.165, 1.54) is 12.2 Å². The number of aliphatic hydroxyl groups excluding tert-OH is 2. The van der Waals surface area contributed by atoms with Gasteiger partial charge in [0.15, 0.2) is 17.1 Å². The number of fused-ring (bicyclic) bond motifs is 5. The number of hydrogen-bond acceptors (Lipinski definition) is 8. The molecule has 0 bridgehead atoms. The van der Waals surface area contributed by atoms with Crippen LogP contribution in [-0.4, -0.2) is 64.3 Å². The van der Waals surface area contributed by atoms with Gasteiger partial charge in [0.1, 0.15) is 12.6 Å². The number of rotatable bonds is 8. The van der Waals surface area contributed by atoms with Gasteiger partial charge >= 0.3 is 5.97 Å². The number of nitrogens with two attached hydrogens (primary N) is 2. The van der Waals surface area contributed by atoms with Crippen molar-refractivity contribution >= 4 is 17.5 Å². The molecule has 8 nitrogen and oxygen atoms in total. The number of halogens is 1. The maximum Gasteiger partial charge on any atom is 0.323 e. The third kappa shape index (κ3) is 3.79. The molecule has 0 unspecified atom stereocenters. The molecule has 0 radical (unpaired) electrons. The van der Waals surface area contributed by atoms with Gasteiger partial charge in [-0.3, -0.25) is 14.4 Å². The maximum atomic E-state index is 17.4. The Kier molecular flexibility index (Phi) is 7.33. The second kappa shape index (κ2) is 9.67. The summed E-state index contributed by atoms with van der Waals surface area (Å²) in [7, 11) is 0. The Morgan fingerprint density at radius 1 is 1.27 bits per heavy atom. The lowest BCUT2D eigenvalue weighted by atomic mass is 9.44. The van der Waals surface area contributed by atoms with Gasteiger partial charge in [-0.2, -0.15) is 0 Å². The monoisotopic (exact) mass is 520 g/mol. The van der Waals surface area contributed by atoms with Gasteiger partial charge in [0, 0.05) is 22.7 Å². The van der Waals surface area contributed by atoms with Crippen molar-refractivity contribution in [3.8, 4) is 0 Å². The van der Waals surface area contributed by atoms with Crippen LogP contribution in [0.5, 0.6) is 0 Å². The first-order valence-electron chi connectivity index (χ1n) is 13.5. The van der Waals surface area contributed by atoms with E-state index in [-0.39, 0.29) is 12.2 Å². The van der Waals surface area contributed by atoms with Crippen LogP contribution in [0.25, 0.3) is 0 Å². The lowest BCUT2D eigenvalue weighted by molar-refractivity contribution is -0.228. The molecule has 0 amide bonds. The number of esters is 1. The quantitative estimate of drug-likeness (QED) is 0.280. The zero-order valence-corrected chi connectivity index (χ0v) is 22.0. The molecule has 3 fully saturated rings. The van der Waals surface area contributed by atoms with E-state index in [0.717, 1.165) is 0 Å². The zero-order valence-electron chi connectivity index (χ0n) is 22.0. The summed E-state index contributed by atoms with van der Waals surface area (Å²) in [5.74, 6) is -3.16. The predicted molar refractivity (Wildman–Crippen MR) is 135 cm³/mol. The first kappa shape index (κ1) is 28.1. The lowest BCUT2D eigenvalue weighted by Gasteiger charge is -2.62. The number of aliphatic hydroxyl groups is 2. The van der Waals surface area contributed by atoms with Crippen LogP contribution in [0.4, 0.5) is 4.39 Å². The minimum absolute atomic E-state index is 0.138. The molecule has 9 atom stereocenters. The van der Waals surface area contributed by atoms with Gasteiger partial charge in [-0.15, -0.1) is 0 Å². The smallest absolute Gasteiger partial charge is 0.323 e. The summed E-state index contributed by atoms with van der Waals surface area (Å²) >= 11 is 0. The molecular weight excluding hydrogens is 479 g/mol. The van der Waals surface area contributed by atoms with E-state index in [0.29, 0.717) is 50.6 Å². The normalized spacial score (nSPS) is 43.4. The predicted octanol–water partition coefficient (Wildman–Crippen LogP) is 1.90. The summed E-state index contributed by atoms with van der Waals surface area (Å²) < 4.78 is 23.4. The number of Topliss-reactive ketones (excluding diaryl/α,β-unsaturated/α-hetero) is 1. The Labute approximate surface area is 217 Å². The van der Waals surface area contributed by atoms with E-state index in [9.17, 15) is 24.6 Å². The Morgan fingerprint density at radius 2 is 1.97 bits per heavy atom. The second-order valence-electron chi connectivity index (χ2n) is 12.0. The highest BCUT2D eigenvalue weighted by molar-refractivity contribution is 6.01. The van der Waals surface area contributed by atoms with Crippen LogP contribution in [0.1, 0.15) is 65.7 Å². The Morgan fingerprint density at radius 3 is 2.62 bits per heavy atom. The molecule has 0 aliphatic heterocycles. The summed E-state index contributed by atoms with van der Waals surface area (Å²) in [6.45, 7) is 4.91. The van der Waals surface area contributed by atoms with Crippen LogP contribution in [0.15, 0.2) is 23.8 Å². The molecular formula is C28H41FN2O6. The van der Waals surface area contributed by atoms with Crippen LogP contribution in [0.2, 0.25) is 0 Å². The first-order chi connectivity index (χ1) is 17.3. The molecule has 206 valence electrons. The fourth-order valence-corrected chi connectivity index (χ4v) is 8.38. The van der Waals surface area contributed by atoms with Gasteiger partial charge in [-0.25, -0.2) is 4.39 Å². The number of carbonyl (C=O) groups excluding carboxylic acids is 3. The average molecular weight is 521 g/mol. The van der Waals surface area contributed by atoms with Crippen molar-refractivity contribution in [2.75, 3.05) is 13.2 Å². The molecule has 0 aromatic rings. The molecule has 0 saturated heterocycles. The Balaban J connectivity index is 1.74. The van der Waals surface area contributed by atoms with E-state index < -0.39 is 70.4 Å². The first-order valence-corrected chi connectivity index (χ1v) is 13.5. The molecule has 3 saturated carbocycles. The summed E-state index contributed by atoms with van der Waals surface area (Å²) in [6, 6.07) is -0.968. The number of carbonyl (C=O) groups is 3. The molecule has 0 aromatic heterocycles. The fourth-order valence-electron chi connectivity index (χ4n) is 8.38. The van der Waals surface area contributed by atoms with Gasteiger partial charge in [0.25, 0.3) is 0 Å². The molecule has 37 heavy (non-hydrogen) atoms. The van der Waals surface area contributed by atoms with Crippen LogP contribution < -0.4 is 11.5 Å². The van der Waals surface area contributed by atoms with Crippen molar-refractivity contribution in [3.63, 3.8) is 0 Å². The average Bonchev–Trinajstić information content (AvgIpc) is 3.07. The van der Waals surface area contributed by atoms with Crippen LogP contribution >= 0.6 is 0 Å². The molecule has 6 N–H and O–H groups in total. The highest BCUT2D eigenvalue weighted by atomic mass is 19.1. The lowest BCUT2D eigenvalue weighted by Crippen LogP contribution is -2.70. The van der Waals surface area contributed by atoms with Crippen molar-refractivity contribution in [2.45, 2.75) is 89.1 Å². The minimum Gasteiger partial charge on any atom is -0.449 e. The van der Waals surface area contributed by atoms with Crippen molar-refractivity contribution < 1.29 is 33.7 Å². The summed E-state index contributed by atoms with van der Waals surface area (Å²) in [5, 5.41) is 21.5. The van der Waals surface area contributed by atoms with Crippen molar-refractivity contribution in [1.29, 1.82) is 0 Å². The van der Waals surface area contributed by atoms with Gasteiger partial charge in [0.2, 0.25) is 5.78 Å². The molecule has 0 spiro atoms. The van der Waals surface area contributed by atoms with E-state index in [1.807, 2.05) is 0 Å². The van der Waals surface area contributed by atoms with E-state index in [1.54, 1.807) is 26.8 Å². The number of ether oxygens (including phenoxy) is 1. The topological polar surface area (TPSA) is 153 Å². The summed E-state index contributed by atoms with van der Waals surface area (Å²) in [5.41, 5.74) is 6.21. The number of alkyl halides is 1. The third-order valence-corrected chi connectivity index (χ3v) is 10.3. The van der Waals surface area contributed by atoms with Crippen molar-refractivity contribution in [1.82, 2.24) is 0 Å². The zero-order chi connectivity index (χ0) is 27.4. The number of unbranched alkanes of at least 4 members (excludes halogenated alkanes) is 1. The van der Waals surface area contributed by atoms with E-state index in [2.05, 4.69) is 0 Å². The Hall–Kier alpha value is -1.94. The third-order valence-electron chi connectivity index (χ3n) is 10.3. The number of allylic oxidation sites excluding steroid dienone is 4. The maximum absolute atomic E-state index is 17.4. The highest BCUT2D eigenvalue weighted by Crippen LogP contribution is 2.71. The number of hydrogen-bond donors (Lipinski definition) is 4. The standard InChI is InChI=1S/C28H41FN2O6/c1-16-12-20-19-8-7-17-13-18(33)9-10-25(17,2)27(19,29)22(34)14-26(20,3)28(16,23(35)15-32)37-24(36)21(31)6-4-5-11-30/h9-10,13,16,19-22,32,34H,4-8,11-12,14-15,30-31H2,1-3H3/t16-,19+,20+,21+,22+,25+,26+,27+,28+/m1/s1. The fraction of sp³-hybridized carbons (Fsp3) is 0.750. The van der Waals surface area contributed by atoms with Crippen LogP contribution in [0, 0.1) is 28.6 Å². The van der Waals surface area contributed by atoms with Crippen molar-refractivity contribution in [2.24, 2.45) is 40.1 Å². The minimum atomic E-state index is -2.07. The molecule has 4 aliphatic rings. The summed E-state index contributed by atoms with van der Waals surface area (Å²) in [6.07, 6.45) is 5.71. The SMILES string of the molecule is C[C@@H]1C[C@H]2[C@@H]3CCC4=CC(=O)C=C[C@]4(C)[C@@]3(F)[C@@H](O)C[C@]2(C)[C@@]1(OC(=O)[C@@H](N)CCCCN)C(=O)CO. The second-order valence-corrected chi connectivity index (χ2v) is 12.0. The number of ketones is 2. The van der Waals surface area contributed by atoms with E-state index >= 15 is 4.39 Å². The van der Waals surface area contributed by atoms with Crippen molar-refractivity contribution in [3.05, 3.63) is 23.8 Å². The molecule has 4 rings (SSSR count). The van der Waals surface area contributed by atoms with Gasteiger partial charge in [-0.05, 0) is 70.1 Å². The molecule has 9 heteroatoms. The van der Waals surface area contributed by atoms with Crippen LogP contribution in [0.3, 0.4) is 0 Å². The largest absolute Gasteiger partial charge is 0.449 e. The van der Waals surface area contributed by atoms with Gasteiger partial charge in [-0.1, -0.05) is 31.9 Å². The molecule has 4 aliphatic carbocycles. The van der Waals surface area contributed by atoms with Gasteiger partial charge < -0.3 is 26.4 Å².